The van der Waals surface area contributed by atoms with Gasteiger partial charge in [0, 0.05) is 54.8 Å². The summed E-state index contributed by atoms with van der Waals surface area (Å²) in [5.74, 6) is 2.50. The van der Waals surface area contributed by atoms with Crippen LogP contribution in [-0.4, -0.2) is 65.4 Å². The van der Waals surface area contributed by atoms with Crippen LogP contribution in [0.1, 0.15) is 41.4 Å². The first-order valence-electron chi connectivity index (χ1n) is 10.5. The third-order valence-electron chi connectivity index (χ3n) is 6.15. The van der Waals surface area contributed by atoms with E-state index in [1.54, 1.807) is 6.33 Å². The quantitative estimate of drug-likeness (QED) is 0.784. The van der Waals surface area contributed by atoms with Crippen molar-refractivity contribution in [1.29, 1.82) is 0 Å². The third-order valence-corrected chi connectivity index (χ3v) is 6.15. The lowest BCUT2D eigenvalue weighted by Crippen LogP contribution is -2.34. The van der Waals surface area contributed by atoms with Crippen LogP contribution in [0.4, 0.5) is 5.82 Å². The van der Waals surface area contributed by atoms with Crippen molar-refractivity contribution in [3.63, 3.8) is 0 Å². The first kappa shape index (κ1) is 19.8. The molecule has 2 aliphatic rings. The Morgan fingerprint density at radius 3 is 2.62 bits per heavy atom. The minimum absolute atomic E-state index is 0.175. The number of likely N-dealkylation sites (N-methyl/N-ethyl adjacent to an activating group) is 1. The number of hydrogen-bond donors (Lipinski definition) is 1. The van der Waals surface area contributed by atoms with E-state index < -0.39 is 0 Å². The zero-order valence-corrected chi connectivity index (χ0v) is 17.8. The molecule has 154 valence electrons. The van der Waals surface area contributed by atoms with Gasteiger partial charge < -0.3 is 15.1 Å². The van der Waals surface area contributed by atoms with Crippen LogP contribution in [0, 0.1) is 11.8 Å². The molecule has 3 atom stereocenters. The number of carbonyl (C=O) groups excluding carboxylic acids is 1. The molecular weight excluding hydrogens is 362 g/mol. The highest BCUT2D eigenvalue weighted by Crippen LogP contribution is 2.47. The lowest BCUT2D eigenvalue weighted by molar-refractivity contribution is 0.0773. The first-order chi connectivity index (χ1) is 13.9. The molecule has 29 heavy (non-hydrogen) atoms. The summed E-state index contributed by atoms with van der Waals surface area (Å²) in [7, 11) is 4.13. The van der Waals surface area contributed by atoms with Gasteiger partial charge in [-0.2, -0.15) is 0 Å². The van der Waals surface area contributed by atoms with Crippen LogP contribution >= 0.6 is 0 Å². The predicted molar refractivity (Wildman–Crippen MR) is 115 cm³/mol. The van der Waals surface area contributed by atoms with Gasteiger partial charge in [0.2, 0.25) is 0 Å². The van der Waals surface area contributed by atoms with E-state index in [0.717, 1.165) is 48.7 Å². The molecule has 1 aromatic carbocycles. The molecule has 1 saturated carbocycles. The Morgan fingerprint density at radius 1 is 1.21 bits per heavy atom. The number of amides is 1. The van der Waals surface area contributed by atoms with Gasteiger partial charge in [-0.05, 0) is 38.1 Å². The van der Waals surface area contributed by atoms with Gasteiger partial charge in [0.15, 0.2) is 0 Å². The summed E-state index contributed by atoms with van der Waals surface area (Å²) in [5.41, 5.74) is 3.06. The van der Waals surface area contributed by atoms with Crippen molar-refractivity contribution in [3.8, 4) is 0 Å². The Hall–Kier alpha value is -2.47. The molecule has 6 nitrogen and oxygen atoms in total. The van der Waals surface area contributed by atoms with Crippen molar-refractivity contribution >= 4 is 11.7 Å². The number of nitrogens with zero attached hydrogens (tertiary/aromatic N) is 4. The Balaban J connectivity index is 1.36. The molecule has 1 aliphatic carbocycles. The second-order valence-corrected chi connectivity index (χ2v) is 8.90. The van der Waals surface area contributed by atoms with Crippen LogP contribution < -0.4 is 5.32 Å². The van der Waals surface area contributed by atoms with Gasteiger partial charge in [-0.25, -0.2) is 9.97 Å². The largest absolute Gasteiger partial charge is 0.367 e. The summed E-state index contributed by atoms with van der Waals surface area (Å²) in [5, 5.41) is 3.56. The van der Waals surface area contributed by atoms with E-state index >= 15 is 0 Å². The minimum Gasteiger partial charge on any atom is -0.367 e. The number of piperidine rings is 1. The number of fused-ring (bicyclic) bond motifs is 1. The van der Waals surface area contributed by atoms with Crippen molar-refractivity contribution in [1.82, 2.24) is 19.8 Å². The number of benzene rings is 1. The third kappa shape index (κ3) is 4.27. The van der Waals surface area contributed by atoms with Crippen molar-refractivity contribution in [2.45, 2.75) is 32.2 Å². The Morgan fingerprint density at radius 2 is 1.93 bits per heavy atom. The molecule has 6 heteroatoms. The second-order valence-electron chi connectivity index (χ2n) is 8.90. The van der Waals surface area contributed by atoms with Crippen LogP contribution in [0.5, 0.6) is 0 Å². The van der Waals surface area contributed by atoms with Gasteiger partial charge >= 0.3 is 0 Å². The number of likely N-dealkylation sites (tertiary alicyclic amines) is 1. The topological polar surface area (TPSA) is 61.4 Å². The summed E-state index contributed by atoms with van der Waals surface area (Å²) in [6, 6.07) is 10.5. The molecule has 0 spiro atoms. The molecule has 1 amide bonds. The van der Waals surface area contributed by atoms with E-state index in [1.807, 2.05) is 29.2 Å². The number of anilines is 1. The van der Waals surface area contributed by atoms with Crippen LogP contribution in [-0.2, 0) is 6.42 Å². The average molecular weight is 394 g/mol. The molecule has 0 radical (unpaired) electrons. The normalized spacial score (nSPS) is 22.8. The fraction of sp³-hybridized carbons (Fsp3) is 0.522. The maximum Gasteiger partial charge on any atom is 0.254 e. The SMILES string of the molecule is CC(C)c1cc(NC2[C@H]3CN(C(=O)c4ccccc4CCN(C)C)C[C@@H]23)ncn1. The molecule has 0 bridgehead atoms. The highest BCUT2D eigenvalue weighted by Gasteiger charge is 2.57. The van der Waals surface area contributed by atoms with Gasteiger partial charge in [-0.1, -0.05) is 32.0 Å². The Kier molecular flexibility index (Phi) is 5.54. The fourth-order valence-corrected chi connectivity index (χ4v) is 4.31. The summed E-state index contributed by atoms with van der Waals surface area (Å²) in [6.45, 7) is 6.87. The van der Waals surface area contributed by atoms with Gasteiger partial charge in [0.1, 0.15) is 12.1 Å². The van der Waals surface area contributed by atoms with Crippen molar-refractivity contribution in [2.75, 3.05) is 39.0 Å². The molecule has 1 aliphatic heterocycles. The van der Waals surface area contributed by atoms with E-state index in [2.05, 4.69) is 54.2 Å². The molecular formula is C23H31N5O. The minimum atomic E-state index is 0.175. The van der Waals surface area contributed by atoms with E-state index in [-0.39, 0.29) is 5.91 Å². The maximum absolute atomic E-state index is 13.1. The average Bonchev–Trinajstić information content (AvgIpc) is 3.14. The standard InChI is InChI=1S/C23H31N5O/c1-15(2)20-11-21(25-14-24-20)26-22-18-12-28(13-19(18)22)23(29)17-8-6-5-7-16(17)9-10-27(3)4/h5-8,11,14-15,18-19,22H,9-10,12-13H2,1-4H3,(H,24,25,26)/t18-,19+,22?. The first-order valence-corrected chi connectivity index (χ1v) is 10.5. The number of carbonyl (C=O) groups is 1. The lowest BCUT2D eigenvalue weighted by Gasteiger charge is -2.22. The van der Waals surface area contributed by atoms with Crippen LogP contribution in [0.2, 0.25) is 0 Å². The molecule has 1 unspecified atom stereocenters. The zero-order chi connectivity index (χ0) is 20.5. The van der Waals surface area contributed by atoms with Crippen molar-refractivity contribution < 1.29 is 4.79 Å². The van der Waals surface area contributed by atoms with E-state index in [9.17, 15) is 4.79 Å². The van der Waals surface area contributed by atoms with Gasteiger partial charge in [0.05, 0.1) is 0 Å². The van der Waals surface area contributed by atoms with Gasteiger partial charge in [-0.15, -0.1) is 0 Å². The highest BCUT2D eigenvalue weighted by atomic mass is 16.2. The molecule has 1 saturated heterocycles. The van der Waals surface area contributed by atoms with Crippen LogP contribution in [0.3, 0.4) is 0 Å². The summed E-state index contributed by atoms with van der Waals surface area (Å²) >= 11 is 0. The zero-order valence-electron chi connectivity index (χ0n) is 17.8. The predicted octanol–water partition coefficient (Wildman–Crippen LogP) is 2.89. The lowest BCUT2D eigenvalue weighted by atomic mass is 10.0. The molecule has 1 N–H and O–H groups in total. The number of hydrogen-bond acceptors (Lipinski definition) is 5. The molecule has 4 rings (SSSR count). The molecule has 2 heterocycles. The summed E-state index contributed by atoms with van der Waals surface area (Å²) < 4.78 is 0. The fourth-order valence-electron chi connectivity index (χ4n) is 4.31. The van der Waals surface area contributed by atoms with Gasteiger partial charge in [-0.3, -0.25) is 4.79 Å². The van der Waals surface area contributed by atoms with E-state index in [4.69, 9.17) is 0 Å². The van der Waals surface area contributed by atoms with Crippen molar-refractivity contribution in [2.24, 2.45) is 11.8 Å². The molecule has 1 aromatic heterocycles. The smallest absolute Gasteiger partial charge is 0.254 e. The second kappa shape index (κ2) is 8.11. The number of nitrogens with one attached hydrogen (secondary N) is 1. The number of rotatable bonds is 7. The monoisotopic (exact) mass is 393 g/mol. The highest BCUT2D eigenvalue weighted by molar-refractivity contribution is 5.96. The Labute approximate surface area is 173 Å². The summed E-state index contributed by atoms with van der Waals surface area (Å²) in [6.07, 6.45) is 2.53. The maximum atomic E-state index is 13.1. The van der Waals surface area contributed by atoms with Crippen molar-refractivity contribution in [3.05, 3.63) is 53.5 Å². The molecule has 2 aromatic rings. The van der Waals surface area contributed by atoms with E-state index in [1.165, 1.54) is 0 Å². The van der Waals surface area contributed by atoms with Crippen LogP contribution in [0.25, 0.3) is 0 Å². The molecule has 2 fully saturated rings. The summed E-state index contributed by atoms with van der Waals surface area (Å²) in [4.78, 5) is 26.0. The van der Waals surface area contributed by atoms with Crippen LogP contribution in [0.15, 0.2) is 36.7 Å². The van der Waals surface area contributed by atoms with E-state index in [0.29, 0.717) is 23.8 Å². The number of aromatic nitrogens is 2. The Bertz CT molecular complexity index is 869. The van der Waals surface area contributed by atoms with Gasteiger partial charge in [0.25, 0.3) is 5.91 Å².